The predicted molar refractivity (Wildman–Crippen MR) is 113 cm³/mol. The van der Waals surface area contributed by atoms with Crippen LogP contribution in [0.15, 0.2) is 0 Å². The Bertz CT molecular complexity index is 412. The molecule has 4 aliphatic rings. The molecule has 0 heteroatoms. The Labute approximate surface area is 164 Å². The van der Waals surface area contributed by atoms with Gasteiger partial charge in [-0.2, -0.15) is 0 Å². The lowest BCUT2D eigenvalue weighted by Crippen LogP contribution is -2.25. The van der Waals surface area contributed by atoms with Crippen LogP contribution in [0, 0.1) is 41.4 Å². The van der Waals surface area contributed by atoms with Crippen LogP contribution in [0.4, 0.5) is 0 Å². The van der Waals surface area contributed by atoms with E-state index >= 15 is 0 Å². The summed E-state index contributed by atoms with van der Waals surface area (Å²) in [4.78, 5) is 0. The van der Waals surface area contributed by atoms with Crippen LogP contribution in [-0.2, 0) is 0 Å². The topological polar surface area (TPSA) is 0 Å². The first-order chi connectivity index (χ1) is 12.9. The molecule has 0 bridgehead atoms. The Balaban J connectivity index is 1.16. The van der Waals surface area contributed by atoms with Crippen LogP contribution < -0.4 is 0 Å². The molecule has 26 heavy (non-hydrogen) atoms. The van der Waals surface area contributed by atoms with Gasteiger partial charge in [-0.05, 0) is 73.5 Å². The van der Waals surface area contributed by atoms with E-state index in [-0.39, 0.29) is 0 Å². The van der Waals surface area contributed by atoms with Gasteiger partial charge < -0.3 is 0 Å². The fraction of sp³-hybridized carbons (Fsp3) is 1.00. The van der Waals surface area contributed by atoms with E-state index in [1.165, 1.54) is 75.0 Å². The highest BCUT2D eigenvalue weighted by Crippen LogP contribution is 2.62. The molecule has 0 aromatic heterocycles. The second-order valence-electron chi connectivity index (χ2n) is 10.9. The van der Waals surface area contributed by atoms with E-state index in [9.17, 15) is 0 Å². The zero-order valence-electron chi connectivity index (χ0n) is 17.8. The van der Waals surface area contributed by atoms with Crippen molar-refractivity contribution in [2.75, 3.05) is 0 Å². The lowest BCUT2D eigenvalue weighted by molar-refractivity contribution is 0.154. The molecule has 7 unspecified atom stereocenters. The first-order valence-corrected chi connectivity index (χ1v) is 12.9. The minimum atomic E-state index is 1.11. The van der Waals surface area contributed by atoms with Crippen molar-refractivity contribution >= 4 is 0 Å². The van der Waals surface area contributed by atoms with E-state index in [1.54, 1.807) is 64.2 Å². The van der Waals surface area contributed by atoms with Gasteiger partial charge in [0.15, 0.2) is 0 Å². The minimum absolute atomic E-state index is 1.11. The zero-order valence-corrected chi connectivity index (χ0v) is 17.8. The molecular weight excluding hydrogens is 312 g/mol. The van der Waals surface area contributed by atoms with Gasteiger partial charge in [0.2, 0.25) is 0 Å². The van der Waals surface area contributed by atoms with Crippen LogP contribution in [0.2, 0.25) is 0 Å². The summed E-state index contributed by atoms with van der Waals surface area (Å²) >= 11 is 0. The van der Waals surface area contributed by atoms with Crippen LogP contribution in [0.3, 0.4) is 0 Å². The summed E-state index contributed by atoms with van der Waals surface area (Å²) in [6, 6.07) is 0. The van der Waals surface area contributed by atoms with Gasteiger partial charge in [-0.1, -0.05) is 90.4 Å². The molecule has 0 heterocycles. The van der Waals surface area contributed by atoms with Crippen molar-refractivity contribution in [2.24, 2.45) is 41.4 Å². The average molecular weight is 359 g/mol. The molecule has 7 atom stereocenters. The van der Waals surface area contributed by atoms with E-state index in [2.05, 4.69) is 6.92 Å². The van der Waals surface area contributed by atoms with Crippen LogP contribution in [0.5, 0.6) is 0 Å². The molecule has 0 amide bonds. The van der Waals surface area contributed by atoms with Crippen LogP contribution in [-0.4, -0.2) is 0 Å². The fourth-order valence-electron chi connectivity index (χ4n) is 8.13. The van der Waals surface area contributed by atoms with E-state index in [0.29, 0.717) is 0 Å². The zero-order chi connectivity index (χ0) is 17.8. The first-order valence-electron chi connectivity index (χ1n) is 12.9. The van der Waals surface area contributed by atoms with Gasteiger partial charge in [0, 0.05) is 0 Å². The molecular formula is C26H46. The predicted octanol–water partition coefficient (Wildman–Crippen LogP) is 8.40. The number of fused-ring (bicyclic) bond motifs is 5. The second-order valence-corrected chi connectivity index (χ2v) is 10.9. The van der Waals surface area contributed by atoms with Crippen LogP contribution in [0.25, 0.3) is 0 Å². The standard InChI is InChI=1S/C26H46/c1-2-3-4-5-6-7-8-9-12-20-15-16-22-19-25-23-14-11-10-13-21(23)18-26(25)24(22)17-20/h20-26H,2-19H2,1H3. The smallest absolute Gasteiger partial charge is 0.0349 e. The summed E-state index contributed by atoms with van der Waals surface area (Å²) < 4.78 is 0. The maximum absolute atomic E-state index is 2.32. The Hall–Kier alpha value is 0. The highest BCUT2D eigenvalue weighted by atomic mass is 14.6. The minimum Gasteiger partial charge on any atom is -0.0654 e. The summed E-state index contributed by atoms with van der Waals surface area (Å²) in [7, 11) is 0. The van der Waals surface area contributed by atoms with Gasteiger partial charge in [-0.25, -0.2) is 0 Å². The maximum atomic E-state index is 2.32. The molecule has 4 fully saturated rings. The summed E-state index contributed by atoms with van der Waals surface area (Å²) in [5.41, 5.74) is 0. The van der Waals surface area contributed by atoms with Crippen molar-refractivity contribution in [1.82, 2.24) is 0 Å². The van der Waals surface area contributed by atoms with Gasteiger partial charge >= 0.3 is 0 Å². The van der Waals surface area contributed by atoms with E-state index in [4.69, 9.17) is 0 Å². The molecule has 0 radical (unpaired) electrons. The summed E-state index contributed by atoms with van der Waals surface area (Å²) in [5.74, 6) is 8.11. The highest BCUT2D eigenvalue weighted by Gasteiger charge is 2.54. The number of hydrogen-bond acceptors (Lipinski definition) is 0. The van der Waals surface area contributed by atoms with Crippen molar-refractivity contribution in [1.29, 1.82) is 0 Å². The molecule has 0 aromatic carbocycles. The Morgan fingerprint density at radius 1 is 0.538 bits per heavy atom. The second kappa shape index (κ2) is 9.47. The molecule has 0 N–H and O–H groups in total. The molecule has 4 aliphatic carbocycles. The maximum Gasteiger partial charge on any atom is -0.0349 e. The molecule has 4 saturated carbocycles. The van der Waals surface area contributed by atoms with Gasteiger partial charge in [-0.15, -0.1) is 0 Å². The third-order valence-corrected chi connectivity index (χ3v) is 9.39. The quantitative estimate of drug-likeness (QED) is 0.363. The van der Waals surface area contributed by atoms with E-state index < -0.39 is 0 Å². The van der Waals surface area contributed by atoms with Gasteiger partial charge in [0.25, 0.3) is 0 Å². The third kappa shape index (κ3) is 4.35. The number of rotatable bonds is 9. The molecule has 0 aromatic rings. The molecule has 0 spiro atoms. The van der Waals surface area contributed by atoms with E-state index in [1.807, 2.05) is 0 Å². The van der Waals surface area contributed by atoms with Crippen LogP contribution in [0.1, 0.15) is 122 Å². The molecule has 0 saturated heterocycles. The Kier molecular flexibility index (Phi) is 7.04. The molecule has 4 rings (SSSR count). The molecule has 150 valence electrons. The van der Waals surface area contributed by atoms with Crippen molar-refractivity contribution in [3.63, 3.8) is 0 Å². The lowest BCUT2D eigenvalue weighted by Gasteiger charge is -2.35. The van der Waals surface area contributed by atoms with Crippen molar-refractivity contribution in [3.8, 4) is 0 Å². The van der Waals surface area contributed by atoms with Crippen molar-refractivity contribution < 1.29 is 0 Å². The Morgan fingerprint density at radius 3 is 2.00 bits per heavy atom. The molecule has 0 aliphatic heterocycles. The Morgan fingerprint density at radius 2 is 1.19 bits per heavy atom. The highest BCUT2D eigenvalue weighted by molar-refractivity contribution is 5.03. The summed E-state index contributed by atoms with van der Waals surface area (Å²) in [6.07, 6.45) is 27.9. The van der Waals surface area contributed by atoms with Crippen molar-refractivity contribution in [3.05, 3.63) is 0 Å². The van der Waals surface area contributed by atoms with Crippen molar-refractivity contribution in [2.45, 2.75) is 122 Å². The average Bonchev–Trinajstić information content (AvgIpc) is 3.20. The first kappa shape index (κ1) is 19.3. The summed E-state index contributed by atoms with van der Waals surface area (Å²) in [6.45, 7) is 2.32. The van der Waals surface area contributed by atoms with Gasteiger partial charge in [-0.3, -0.25) is 0 Å². The lowest BCUT2D eigenvalue weighted by atomic mass is 9.70. The monoisotopic (exact) mass is 358 g/mol. The van der Waals surface area contributed by atoms with E-state index in [0.717, 1.165) is 17.8 Å². The SMILES string of the molecule is CCCCCCCCCCC1CCC2CC3C4CCCCC4CC3C2C1. The fourth-order valence-corrected chi connectivity index (χ4v) is 8.13. The summed E-state index contributed by atoms with van der Waals surface area (Å²) in [5, 5.41) is 0. The van der Waals surface area contributed by atoms with Crippen LogP contribution >= 0.6 is 0 Å². The van der Waals surface area contributed by atoms with Gasteiger partial charge in [0.1, 0.15) is 0 Å². The third-order valence-electron chi connectivity index (χ3n) is 9.39. The van der Waals surface area contributed by atoms with Gasteiger partial charge in [0.05, 0.1) is 0 Å². The normalized spacial score (nSPS) is 41.7. The number of unbranched alkanes of at least 4 members (excludes halogenated alkanes) is 7. The number of hydrogen-bond donors (Lipinski definition) is 0. The molecule has 0 nitrogen and oxygen atoms in total. The largest absolute Gasteiger partial charge is 0.0654 e.